The molecule has 1 aliphatic heterocycles. The highest BCUT2D eigenvalue weighted by Crippen LogP contribution is 2.32. The Kier molecular flexibility index (Phi) is 4.24. The van der Waals surface area contributed by atoms with Gasteiger partial charge in [0, 0.05) is 11.8 Å². The summed E-state index contributed by atoms with van der Waals surface area (Å²) in [4.78, 5) is 22.7. The maximum absolute atomic E-state index is 13.2. The number of benzene rings is 2. The number of ether oxygens (including phenoxy) is 2. The lowest BCUT2D eigenvalue weighted by Gasteiger charge is -2.15. The molecule has 3 N–H and O–H groups in total. The van der Waals surface area contributed by atoms with Crippen molar-refractivity contribution in [1.29, 1.82) is 0 Å². The topological polar surface area (TPSA) is 90.7 Å². The van der Waals surface area contributed by atoms with Crippen molar-refractivity contribution in [3.8, 4) is 11.5 Å². The number of alkyl halides is 1. The molecule has 0 spiro atoms. The van der Waals surface area contributed by atoms with Gasteiger partial charge >= 0.3 is 0 Å². The Balaban J connectivity index is 1.88. The molecule has 7 heteroatoms. The third-order valence-electron chi connectivity index (χ3n) is 3.99. The predicted octanol–water partition coefficient (Wildman–Crippen LogP) is 1.55. The summed E-state index contributed by atoms with van der Waals surface area (Å²) in [5, 5.41) is 4.05. The Bertz CT molecular complexity index is 809. The Morgan fingerprint density at radius 2 is 2.17 bits per heavy atom. The highest BCUT2D eigenvalue weighted by molar-refractivity contribution is 6.02. The second kappa shape index (κ2) is 6.35. The van der Waals surface area contributed by atoms with E-state index < -0.39 is 18.0 Å². The first kappa shape index (κ1) is 16.0. The first-order valence-electron chi connectivity index (χ1n) is 7.47. The Morgan fingerprint density at radius 3 is 2.79 bits per heavy atom. The minimum Gasteiger partial charge on any atom is -0.496 e. The molecule has 2 atom stereocenters. The zero-order valence-electron chi connectivity index (χ0n) is 13.0. The number of methoxy groups -OCH3 is 1. The van der Waals surface area contributed by atoms with E-state index in [4.69, 9.17) is 15.2 Å². The third-order valence-corrected chi connectivity index (χ3v) is 3.99. The van der Waals surface area contributed by atoms with Crippen LogP contribution in [0.3, 0.4) is 0 Å². The molecule has 2 amide bonds. The minimum absolute atomic E-state index is 0.0960. The first-order chi connectivity index (χ1) is 11.5. The van der Waals surface area contributed by atoms with Gasteiger partial charge in [-0.3, -0.25) is 9.59 Å². The number of halogens is 1. The average molecular weight is 332 g/mol. The predicted molar refractivity (Wildman–Crippen MR) is 86.0 cm³/mol. The van der Waals surface area contributed by atoms with Gasteiger partial charge in [0.05, 0.1) is 18.7 Å². The SMILES string of the molecule is COc1cc2c(OCC3CC(F)C(=O)N3)cccc2cc1C(N)=O. The fourth-order valence-corrected chi connectivity index (χ4v) is 2.77. The van der Waals surface area contributed by atoms with Crippen LogP contribution in [0, 0.1) is 0 Å². The van der Waals surface area contributed by atoms with Crippen LogP contribution in [0.25, 0.3) is 10.8 Å². The number of carbonyl (C=O) groups excluding carboxylic acids is 2. The van der Waals surface area contributed by atoms with Gasteiger partial charge < -0.3 is 20.5 Å². The highest BCUT2D eigenvalue weighted by atomic mass is 19.1. The van der Waals surface area contributed by atoms with Gasteiger partial charge in [0.1, 0.15) is 18.1 Å². The van der Waals surface area contributed by atoms with Gasteiger partial charge in [-0.2, -0.15) is 0 Å². The van der Waals surface area contributed by atoms with Crippen molar-refractivity contribution in [3.63, 3.8) is 0 Å². The van der Waals surface area contributed by atoms with Crippen LogP contribution in [0.1, 0.15) is 16.8 Å². The molecule has 1 aliphatic rings. The Labute approximate surface area is 137 Å². The van der Waals surface area contributed by atoms with E-state index in [1.54, 1.807) is 24.3 Å². The molecular formula is C17H17FN2O4. The molecule has 0 saturated carbocycles. The lowest BCUT2D eigenvalue weighted by Crippen LogP contribution is -2.31. The van der Waals surface area contributed by atoms with E-state index in [0.717, 1.165) is 10.8 Å². The number of carbonyl (C=O) groups is 2. The molecule has 0 bridgehead atoms. The van der Waals surface area contributed by atoms with E-state index in [9.17, 15) is 14.0 Å². The van der Waals surface area contributed by atoms with Crippen LogP contribution in [-0.4, -0.2) is 37.7 Å². The molecule has 0 aromatic heterocycles. The standard InChI is InChI=1S/C17H17FN2O4/c1-23-15-7-11-9(5-12(15)16(19)21)3-2-4-14(11)24-8-10-6-13(18)17(22)20-10/h2-5,7,10,13H,6,8H2,1H3,(H2,19,21)(H,20,22). The normalized spacial score (nSPS) is 20.0. The quantitative estimate of drug-likeness (QED) is 0.869. The van der Waals surface area contributed by atoms with Gasteiger partial charge in [-0.15, -0.1) is 0 Å². The lowest BCUT2D eigenvalue weighted by atomic mass is 10.0. The van der Waals surface area contributed by atoms with Gasteiger partial charge in [-0.25, -0.2) is 4.39 Å². The summed E-state index contributed by atoms with van der Waals surface area (Å²) in [5.74, 6) is -0.278. The number of amides is 2. The monoisotopic (exact) mass is 332 g/mol. The van der Waals surface area contributed by atoms with Gasteiger partial charge in [0.15, 0.2) is 6.17 Å². The lowest BCUT2D eigenvalue weighted by molar-refractivity contribution is -0.123. The van der Waals surface area contributed by atoms with Crippen molar-refractivity contribution < 1.29 is 23.5 Å². The van der Waals surface area contributed by atoms with Crippen LogP contribution >= 0.6 is 0 Å². The summed E-state index contributed by atoms with van der Waals surface area (Å²) in [5.41, 5.74) is 5.64. The van der Waals surface area contributed by atoms with Crippen LogP contribution in [-0.2, 0) is 4.79 Å². The Hall–Kier alpha value is -2.83. The number of hydrogen-bond acceptors (Lipinski definition) is 4. The van der Waals surface area contributed by atoms with E-state index in [1.807, 2.05) is 6.07 Å². The number of hydrogen-bond donors (Lipinski definition) is 2. The third kappa shape index (κ3) is 2.97. The number of rotatable bonds is 5. The van der Waals surface area contributed by atoms with Crippen molar-refractivity contribution in [2.75, 3.05) is 13.7 Å². The molecule has 24 heavy (non-hydrogen) atoms. The fraction of sp³-hybridized carbons (Fsp3) is 0.294. The zero-order chi connectivity index (χ0) is 17.3. The van der Waals surface area contributed by atoms with E-state index in [2.05, 4.69) is 5.32 Å². The molecule has 1 saturated heterocycles. The highest BCUT2D eigenvalue weighted by Gasteiger charge is 2.32. The van der Waals surface area contributed by atoms with Crippen molar-refractivity contribution in [3.05, 3.63) is 35.9 Å². The number of nitrogens with two attached hydrogens (primary N) is 1. The largest absolute Gasteiger partial charge is 0.496 e. The van der Waals surface area contributed by atoms with Crippen molar-refractivity contribution in [1.82, 2.24) is 5.32 Å². The van der Waals surface area contributed by atoms with Crippen molar-refractivity contribution in [2.45, 2.75) is 18.6 Å². The van der Waals surface area contributed by atoms with Crippen LogP contribution in [0.2, 0.25) is 0 Å². The van der Waals surface area contributed by atoms with Crippen LogP contribution < -0.4 is 20.5 Å². The molecule has 6 nitrogen and oxygen atoms in total. The first-order valence-corrected chi connectivity index (χ1v) is 7.47. The van der Waals surface area contributed by atoms with Gasteiger partial charge in [0.25, 0.3) is 11.8 Å². The van der Waals surface area contributed by atoms with Crippen LogP contribution in [0.4, 0.5) is 4.39 Å². The number of primary amides is 1. The molecular weight excluding hydrogens is 315 g/mol. The van der Waals surface area contributed by atoms with E-state index in [1.165, 1.54) is 7.11 Å². The second-order valence-corrected chi connectivity index (χ2v) is 5.61. The molecule has 3 rings (SSSR count). The molecule has 1 heterocycles. The summed E-state index contributed by atoms with van der Waals surface area (Å²) in [6.07, 6.45) is -1.39. The molecule has 2 aromatic rings. The van der Waals surface area contributed by atoms with E-state index in [-0.39, 0.29) is 24.6 Å². The van der Waals surface area contributed by atoms with Crippen molar-refractivity contribution >= 4 is 22.6 Å². The molecule has 0 radical (unpaired) electrons. The molecule has 1 fully saturated rings. The summed E-state index contributed by atoms with van der Waals surface area (Å²) >= 11 is 0. The maximum atomic E-state index is 13.2. The van der Waals surface area contributed by atoms with Gasteiger partial charge in [-0.05, 0) is 23.6 Å². The van der Waals surface area contributed by atoms with E-state index >= 15 is 0 Å². The molecule has 126 valence electrons. The molecule has 2 aromatic carbocycles. The summed E-state index contributed by atoms with van der Waals surface area (Å²) < 4.78 is 24.2. The minimum atomic E-state index is -1.48. The number of nitrogens with one attached hydrogen (secondary N) is 1. The summed E-state index contributed by atoms with van der Waals surface area (Å²) in [7, 11) is 1.45. The van der Waals surface area contributed by atoms with Gasteiger partial charge in [-0.1, -0.05) is 12.1 Å². The smallest absolute Gasteiger partial charge is 0.254 e. The maximum Gasteiger partial charge on any atom is 0.254 e. The second-order valence-electron chi connectivity index (χ2n) is 5.61. The summed E-state index contributed by atoms with van der Waals surface area (Å²) in [6.45, 7) is 0.158. The average Bonchev–Trinajstić information content (AvgIpc) is 2.89. The zero-order valence-corrected chi connectivity index (χ0v) is 13.0. The molecule has 0 aliphatic carbocycles. The van der Waals surface area contributed by atoms with Crippen LogP contribution in [0.5, 0.6) is 11.5 Å². The van der Waals surface area contributed by atoms with Crippen LogP contribution in [0.15, 0.2) is 30.3 Å². The van der Waals surface area contributed by atoms with Crippen molar-refractivity contribution in [2.24, 2.45) is 5.73 Å². The number of fused-ring (bicyclic) bond motifs is 1. The van der Waals surface area contributed by atoms with Gasteiger partial charge in [0.2, 0.25) is 0 Å². The summed E-state index contributed by atoms with van der Waals surface area (Å²) in [6, 6.07) is 8.31. The molecule has 2 unspecified atom stereocenters. The fourth-order valence-electron chi connectivity index (χ4n) is 2.77. The van der Waals surface area contributed by atoms with E-state index in [0.29, 0.717) is 11.5 Å². The Morgan fingerprint density at radius 1 is 1.38 bits per heavy atom.